The summed E-state index contributed by atoms with van der Waals surface area (Å²) in [5.74, 6) is 0.479. The maximum atomic E-state index is 13.3. The standard InChI is InChI=1S/C23H28N8O2/c1-14(22(32)30-9-3-4-18(30)11-24)12-29-13-19-10-20(29)23(33)31(19)15(2)16-5-7-17(8-6-16)21-25-27-28-26-21/h5-8,14-15,18-20H,3-4,9-10,12-13H2,1-2H3,(H,25,26,27,28)/t14-,15+,18-,19+,20+/m0/s1. The van der Waals surface area contributed by atoms with Gasteiger partial charge in [-0.15, -0.1) is 10.2 Å². The highest BCUT2D eigenvalue weighted by atomic mass is 16.2. The van der Waals surface area contributed by atoms with E-state index in [1.165, 1.54) is 0 Å². The van der Waals surface area contributed by atoms with E-state index in [1.807, 2.05) is 36.1 Å². The molecule has 0 spiro atoms. The van der Waals surface area contributed by atoms with Gasteiger partial charge in [-0.05, 0) is 37.0 Å². The van der Waals surface area contributed by atoms with Gasteiger partial charge in [-0.3, -0.25) is 14.5 Å². The van der Waals surface area contributed by atoms with Crippen molar-refractivity contribution in [2.75, 3.05) is 19.6 Å². The van der Waals surface area contributed by atoms with Crippen molar-refractivity contribution in [1.82, 2.24) is 35.3 Å². The quantitative estimate of drug-likeness (QED) is 0.708. The van der Waals surface area contributed by atoms with Gasteiger partial charge >= 0.3 is 0 Å². The molecular formula is C23H28N8O2. The van der Waals surface area contributed by atoms with Gasteiger partial charge in [0, 0.05) is 37.2 Å². The Morgan fingerprint density at radius 3 is 2.76 bits per heavy atom. The lowest BCUT2D eigenvalue weighted by atomic mass is 10.0. The van der Waals surface area contributed by atoms with Gasteiger partial charge in [0.2, 0.25) is 17.6 Å². The minimum Gasteiger partial charge on any atom is -0.330 e. The Hall–Kier alpha value is -3.32. The lowest BCUT2D eigenvalue weighted by molar-refractivity contribution is -0.142. The number of likely N-dealkylation sites (tertiary alicyclic amines) is 3. The number of fused-ring (bicyclic) bond motifs is 2. The fourth-order valence-electron chi connectivity index (χ4n) is 5.63. The number of carbonyl (C=O) groups excluding carboxylic acids is 2. The summed E-state index contributed by atoms with van der Waals surface area (Å²) in [7, 11) is 0. The van der Waals surface area contributed by atoms with E-state index in [0.29, 0.717) is 18.9 Å². The molecular weight excluding hydrogens is 420 g/mol. The number of rotatable bonds is 6. The number of aromatic nitrogens is 4. The van der Waals surface area contributed by atoms with E-state index in [2.05, 4.69) is 38.5 Å². The molecule has 3 aliphatic heterocycles. The van der Waals surface area contributed by atoms with Gasteiger partial charge in [-0.25, -0.2) is 0 Å². The summed E-state index contributed by atoms with van der Waals surface area (Å²) in [6, 6.07) is 9.79. The van der Waals surface area contributed by atoms with Crippen LogP contribution in [0.2, 0.25) is 0 Å². The van der Waals surface area contributed by atoms with Crippen LogP contribution in [-0.2, 0) is 9.59 Å². The second kappa shape index (κ2) is 8.56. The Bertz CT molecular complexity index is 1060. The first-order valence-corrected chi connectivity index (χ1v) is 11.6. The number of hydrogen-bond donors (Lipinski definition) is 1. The van der Waals surface area contributed by atoms with E-state index in [9.17, 15) is 14.9 Å². The number of amides is 2. The van der Waals surface area contributed by atoms with E-state index < -0.39 is 0 Å². The number of nitriles is 1. The number of carbonyl (C=O) groups is 2. The molecule has 1 N–H and O–H groups in total. The molecule has 10 nitrogen and oxygen atoms in total. The van der Waals surface area contributed by atoms with Crippen molar-refractivity contribution in [1.29, 1.82) is 5.26 Å². The van der Waals surface area contributed by atoms with E-state index >= 15 is 0 Å². The van der Waals surface area contributed by atoms with E-state index in [1.54, 1.807) is 4.90 Å². The number of piperazine rings is 1. The average molecular weight is 449 g/mol. The van der Waals surface area contributed by atoms with Crippen LogP contribution < -0.4 is 0 Å². The molecule has 4 heterocycles. The summed E-state index contributed by atoms with van der Waals surface area (Å²) < 4.78 is 0. The van der Waals surface area contributed by atoms with Crippen LogP contribution in [0.4, 0.5) is 0 Å². The van der Waals surface area contributed by atoms with E-state index in [0.717, 1.165) is 36.9 Å². The topological polar surface area (TPSA) is 122 Å². The van der Waals surface area contributed by atoms with Crippen molar-refractivity contribution in [3.8, 4) is 17.5 Å². The maximum absolute atomic E-state index is 13.3. The highest BCUT2D eigenvalue weighted by Crippen LogP contribution is 2.38. The molecule has 172 valence electrons. The van der Waals surface area contributed by atoms with Crippen molar-refractivity contribution >= 4 is 11.8 Å². The Morgan fingerprint density at radius 1 is 1.30 bits per heavy atom. The largest absolute Gasteiger partial charge is 0.330 e. The van der Waals surface area contributed by atoms with Crippen LogP contribution in [0.5, 0.6) is 0 Å². The third kappa shape index (κ3) is 3.76. The minimum absolute atomic E-state index is 0.0289. The molecule has 2 bridgehead atoms. The number of tetrazole rings is 1. The molecule has 0 unspecified atom stereocenters. The van der Waals surface area contributed by atoms with Crippen LogP contribution in [0, 0.1) is 17.2 Å². The van der Waals surface area contributed by atoms with Gasteiger partial charge in [0.1, 0.15) is 6.04 Å². The summed E-state index contributed by atoms with van der Waals surface area (Å²) in [5.41, 5.74) is 1.94. The molecule has 2 amide bonds. The second-order valence-corrected chi connectivity index (χ2v) is 9.36. The second-order valence-electron chi connectivity index (χ2n) is 9.36. The molecule has 33 heavy (non-hydrogen) atoms. The van der Waals surface area contributed by atoms with Crippen LogP contribution in [0.1, 0.15) is 44.7 Å². The molecule has 5 atom stereocenters. The van der Waals surface area contributed by atoms with Crippen LogP contribution in [0.25, 0.3) is 11.4 Å². The molecule has 3 aliphatic rings. The van der Waals surface area contributed by atoms with Gasteiger partial charge in [-0.1, -0.05) is 31.2 Å². The molecule has 3 saturated heterocycles. The fourth-order valence-corrected chi connectivity index (χ4v) is 5.63. The smallest absolute Gasteiger partial charge is 0.240 e. The van der Waals surface area contributed by atoms with E-state index in [-0.39, 0.29) is 41.9 Å². The third-order valence-electron chi connectivity index (χ3n) is 7.34. The van der Waals surface area contributed by atoms with Gasteiger partial charge in [0.05, 0.1) is 18.2 Å². The number of nitrogens with one attached hydrogen (secondary N) is 1. The minimum atomic E-state index is -0.306. The average Bonchev–Trinajstić information content (AvgIpc) is 3.62. The summed E-state index contributed by atoms with van der Waals surface area (Å²) >= 11 is 0. The van der Waals surface area contributed by atoms with Crippen molar-refractivity contribution in [3.63, 3.8) is 0 Å². The molecule has 1 aromatic heterocycles. The zero-order valence-electron chi connectivity index (χ0n) is 18.9. The summed E-state index contributed by atoms with van der Waals surface area (Å²) in [6.45, 7) is 5.97. The Kier molecular flexibility index (Phi) is 5.58. The van der Waals surface area contributed by atoms with Gasteiger partial charge in [0.15, 0.2) is 0 Å². The molecule has 3 fully saturated rings. The molecule has 0 saturated carbocycles. The zero-order chi connectivity index (χ0) is 23.1. The lowest BCUT2D eigenvalue weighted by Crippen LogP contribution is -2.53. The number of benzene rings is 1. The highest BCUT2D eigenvalue weighted by molar-refractivity contribution is 5.86. The number of aromatic amines is 1. The van der Waals surface area contributed by atoms with Gasteiger partial charge in [-0.2, -0.15) is 10.5 Å². The first-order chi connectivity index (χ1) is 16.0. The zero-order valence-corrected chi connectivity index (χ0v) is 18.9. The predicted molar refractivity (Wildman–Crippen MR) is 118 cm³/mol. The van der Waals surface area contributed by atoms with Gasteiger partial charge in [0.25, 0.3) is 0 Å². The Labute approximate surface area is 192 Å². The predicted octanol–water partition coefficient (Wildman–Crippen LogP) is 1.36. The van der Waals surface area contributed by atoms with Crippen molar-refractivity contribution in [2.45, 2.75) is 57.3 Å². The van der Waals surface area contributed by atoms with Crippen LogP contribution in [0.3, 0.4) is 0 Å². The Morgan fingerprint density at radius 2 is 2.09 bits per heavy atom. The first kappa shape index (κ1) is 21.5. The van der Waals surface area contributed by atoms with Gasteiger partial charge < -0.3 is 9.80 Å². The maximum Gasteiger partial charge on any atom is 0.240 e. The SMILES string of the molecule is C[C@H](c1ccc(-c2nn[nH]n2)cc1)N1C(=O)[C@H]2C[C@@H]1CN2C[C@H](C)C(=O)N1CCC[C@H]1C#N. The summed E-state index contributed by atoms with van der Waals surface area (Å²) in [6.07, 6.45) is 2.44. The molecule has 1 aromatic carbocycles. The van der Waals surface area contributed by atoms with Crippen LogP contribution in [-0.4, -0.2) is 84.9 Å². The van der Waals surface area contributed by atoms with Crippen molar-refractivity contribution in [2.24, 2.45) is 5.92 Å². The summed E-state index contributed by atoms with van der Waals surface area (Å²) in [4.78, 5) is 32.0. The normalized spacial score (nSPS) is 26.6. The first-order valence-electron chi connectivity index (χ1n) is 11.6. The van der Waals surface area contributed by atoms with E-state index in [4.69, 9.17) is 0 Å². The molecule has 2 aromatic rings. The summed E-state index contributed by atoms with van der Waals surface area (Å²) in [5, 5.41) is 23.3. The highest BCUT2D eigenvalue weighted by Gasteiger charge is 2.51. The lowest BCUT2D eigenvalue weighted by Gasteiger charge is -2.38. The molecule has 5 rings (SSSR count). The molecule has 0 radical (unpaired) electrons. The number of H-pyrrole nitrogens is 1. The molecule has 0 aliphatic carbocycles. The fraction of sp³-hybridized carbons (Fsp3) is 0.565. The van der Waals surface area contributed by atoms with Crippen LogP contribution >= 0.6 is 0 Å². The van der Waals surface area contributed by atoms with Crippen molar-refractivity contribution < 1.29 is 9.59 Å². The number of hydrogen-bond acceptors (Lipinski definition) is 7. The van der Waals surface area contributed by atoms with Crippen molar-refractivity contribution in [3.05, 3.63) is 29.8 Å². The number of nitrogens with zero attached hydrogens (tertiary/aromatic N) is 7. The third-order valence-corrected chi connectivity index (χ3v) is 7.34. The molecule has 10 heteroatoms. The van der Waals surface area contributed by atoms with Crippen LogP contribution in [0.15, 0.2) is 24.3 Å². The Balaban J connectivity index is 1.22. The monoisotopic (exact) mass is 448 g/mol.